The molecule has 0 saturated heterocycles. The van der Waals surface area contributed by atoms with Crippen LogP contribution in [0.25, 0.3) is 0 Å². The van der Waals surface area contributed by atoms with Crippen molar-refractivity contribution in [3.05, 3.63) is 61.5 Å². The number of benzene rings is 2. The minimum Gasteiger partial charge on any atom is -0.321 e. The van der Waals surface area contributed by atoms with E-state index in [9.17, 15) is 4.79 Å². The fourth-order valence-corrected chi connectivity index (χ4v) is 3.27. The number of nitrogens with one attached hydrogen (secondary N) is 1. The van der Waals surface area contributed by atoms with Crippen LogP contribution in [0.3, 0.4) is 0 Å². The Morgan fingerprint density at radius 1 is 0.950 bits per heavy atom. The summed E-state index contributed by atoms with van der Waals surface area (Å²) in [6.07, 6.45) is 0. The predicted molar refractivity (Wildman–Crippen MR) is 90.4 cm³/mol. The average Bonchev–Trinajstić information content (AvgIpc) is 2.36. The molecular formula is C16H15Br2NO. The smallest absolute Gasteiger partial charge is 0.256 e. The Kier molecular flexibility index (Phi) is 4.66. The van der Waals surface area contributed by atoms with Gasteiger partial charge < -0.3 is 5.32 Å². The summed E-state index contributed by atoms with van der Waals surface area (Å²) in [6, 6.07) is 9.77. The Balaban J connectivity index is 2.35. The van der Waals surface area contributed by atoms with Crippen molar-refractivity contribution in [1.82, 2.24) is 0 Å². The summed E-state index contributed by atoms with van der Waals surface area (Å²) in [5.74, 6) is -0.117. The van der Waals surface area contributed by atoms with Gasteiger partial charge >= 0.3 is 0 Å². The third-order valence-corrected chi connectivity index (χ3v) is 4.35. The predicted octanol–water partition coefficient (Wildman–Crippen LogP) is 5.39. The van der Waals surface area contributed by atoms with Gasteiger partial charge in [-0.2, -0.15) is 0 Å². The van der Waals surface area contributed by atoms with E-state index in [0.29, 0.717) is 5.56 Å². The highest BCUT2D eigenvalue weighted by atomic mass is 79.9. The van der Waals surface area contributed by atoms with Crippen molar-refractivity contribution < 1.29 is 4.79 Å². The number of rotatable bonds is 2. The lowest BCUT2D eigenvalue weighted by Crippen LogP contribution is -2.14. The van der Waals surface area contributed by atoms with Gasteiger partial charge in [-0.05, 0) is 82.0 Å². The average molecular weight is 397 g/mol. The molecular weight excluding hydrogens is 382 g/mol. The summed E-state index contributed by atoms with van der Waals surface area (Å²) in [5, 5.41) is 2.97. The number of hydrogen-bond acceptors (Lipinski definition) is 1. The van der Waals surface area contributed by atoms with Crippen LogP contribution in [0.1, 0.15) is 27.0 Å². The number of hydrogen-bond donors (Lipinski definition) is 1. The first kappa shape index (κ1) is 15.3. The van der Waals surface area contributed by atoms with Gasteiger partial charge in [-0.1, -0.05) is 17.7 Å². The highest BCUT2D eigenvalue weighted by molar-refractivity contribution is 9.11. The van der Waals surface area contributed by atoms with Gasteiger partial charge in [0.1, 0.15) is 0 Å². The standard InChI is InChI=1S/C16H15Br2NO/c1-9-4-5-13(17)12(7-9)16(20)19-15-11(3)6-10(2)8-14(15)18/h4-8H,1-3H3,(H,19,20). The Labute approximate surface area is 135 Å². The minimum absolute atomic E-state index is 0.117. The van der Waals surface area contributed by atoms with E-state index in [1.165, 1.54) is 0 Å². The van der Waals surface area contributed by atoms with Gasteiger partial charge in [0.25, 0.3) is 5.91 Å². The molecule has 0 aliphatic heterocycles. The first-order valence-electron chi connectivity index (χ1n) is 6.22. The fourth-order valence-electron chi connectivity index (χ4n) is 2.07. The largest absolute Gasteiger partial charge is 0.321 e. The summed E-state index contributed by atoms with van der Waals surface area (Å²) >= 11 is 6.93. The second kappa shape index (κ2) is 6.10. The van der Waals surface area contributed by atoms with Crippen molar-refractivity contribution in [3.8, 4) is 0 Å². The van der Waals surface area contributed by atoms with Gasteiger partial charge in [-0.25, -0.2) is 0 Å². The molecule has 0 spiro atoms. The molecule has 0 saturated carbocycles. The molecule has 4 heteroatoms. The van der Waals surface area contributed by atoms with Crippen LogP contribution in [0, 0.1) is 20.8 Å². The highest BCUT2D eigenvalue weighted by Crippen LogP contribution is 2.29. The SMILES string of the molecule is Cc1cc(C)c(NC(=O)c2cc(C)ccc2Br)c(Br)c1. The van der Waals surface area contributed by atoms with E-state index in [0.717, 1.165) is 31.3 Å². The zero-order chi connectivity index (χ0) is 14.9. The number of amides is 1. The molecule has 2 rings (SSSR count). The lowest BCUT2D eigenvalue weighted by Gasteiger charge is -2.13. The van der Waals surface area contributed by atoms with Crippen molar-refractivity contribution >= 4 is 43.5 Å². The Hall–Kier alpha value is -1.13. The Morgan fingerprint density at radius 2 is 1.65 bits per heavy atom. The van der Waals surface area contributed by atoms with Gasteiger partial charge in [0.15, 0.2) is 0 Å². The van der Waals surface area contributed by atoms with Crippen molar-refractivity contribution in [3.63, 3.8) is 0 Å². The topological polar surface area (TPSA) is 29.1 Å². The molecule has 2 nitrogen and oxygen atoms in total. The van der Waals surface area contributed by atoms with Crippen molar-refractivity contribution in [2.24, 2.45) is 0 Å². The quantitative estimate of drug-likeness (QED) is 0.724. The molecule has 0 atom stereocenters. The molecule has 0 fully saturated rings. The first-order valence-corrected chi connectivity index (χ1v) is 7.81. The first-order chi connectivity index (χ1) is 9.38. The van der Waals surface area contributed by atoms with Crippen LogP contribution in [0.5, 0.6) is 0 Å². The minimum atomic E-state index is -0.117. The lowest BCUT2D eigenvalue weighted by atomic mass is 10.1. The van der Waals surface area contributed by atoms with Gasteiger partial charge in [0, 0.05) is 8.95 Å². The maximum absolute atomic E-state index is 12.4. The van der Waals surface area contributed by atoms with Gasteiger partial charge in [-0.15, -0.1) is 0 Å². The second-order valence-corrected chi connectivity index (χ2v) is 6.58. The number of aryl methyl sites for hydroxylation is 3. The fraction of sp³-hybridized carbons (Fsp3) is 0.188. The molecule has 104 valence electrons. The molecule has 1 amide bonds. The molecule has 0 aromatic heterocycles. The number of halogens is 2. The van der Waals surface area contributed by atoms with Crippen LogP contribution in [-0.2, 0) is 0 Å². The van der Waals surface area contributed by atoms with E-state index < -0.39 is 0 Å². The Morgan fingerprint density at radius 3 is 2.30 bits per heavy atom. The van der Waals surface area contributed by atoms with Gasteiger partial charge in [0.2, 0.25) is 0 Å². The van der Waals surface area contributed by atoms with E-state index in [2.05, 4.69) is 37.2 Å². The normalized spacial score (nSPS) is 10.4. The molecule has 2 aromatic rings. The summed E-state index contributed by atoms with van der Waals surface area (Å²) in [5.41, 5.74) is 4.70. The van der Waals surface area contributed by atoms with Crippen LogP contribution in [0.15, 0.2) is 39.3 Å². The summed E-state index contributed by atoms with van der Waals surface area (Å²) in [6.45, 7) is 5.98. The molecule has 2 aromatic carbocycles. The lowest BCUT2D eigenvalue weighted by molar-refractivity contribution is 0.102. The van der Waals surface area contributed by atoms with E-state index in [1.807, 2.05) is 51.1 Å². The van der Waals surface area contributed by atoms with E-state index in [4.69, 9.17) is 0 Å². The molecule has 0 radical (unpaired) electrons. The molecule has 0 aliphatic carbocycles. The molecule has 0 aliphatic rings. The van der Waals surface area contributed by atoms with Crippen LogP contribution in [0.4, 0.5) is 5.69 Å². The molecule has 20 heavy (non-hydrogen) atoms. The van der Waals surface area contributed by atoms with Crippen molar-refractivity contribution in [2.45, 2.75) is 20.8 Å². The van der Waals surface area contributed by atoms with Crippen LogP contribution in [0.2, 0.25) is 0 Å². The van der Waals surface area contributed by atoms with Crippen molar-refractivity contribution in [1.29, 1.82) is 0 Å². The number of carbonyl (C=O) groups is 1. The number of carbonyl (C=O) groups excluding carboxylic acids is 1. The van der Waals surface area contributed by atoms with E-state index in [1.54, 1.807) is 0 Å². The summed E-state index contributed by atoms with van der Waals surface area (Å²) in [4.78, 5) is 12.4. The van der Waals surface area contributed by atoms with Gasteiger partial charge in [-0.3, -0.25) is 4.79 Å². The van der Waals surface area contributed by atoms with Gasteiger partial charge in [0.05, 0.1) is 11.3 Å². The monoisotopic (exact) mass is 395 g/mol. The molecule has 1 N–H and O–H groups in total. The third-order valence-electron chi connectivity index (χ3n) is 3.04. The zero-order valence-electron chi connectivity index (χ0n) is 11.6. The van der Waals surface area contributed by atoms with E-state index in [-0.39, 0.29) is 5.91 Å². The third kappa shape index (κ3) is 3.30. The zero-order valence-corrected chi connectivity index (χ0v) is 14.7. The maximum Gasteiger partial charge on any atom is 0.256 e. The molecule has 0 heterocycles. The molecule has 0 bridgehead atoms. The van der Waals surface area contributed by atoms with Crippen LogP contribution < -0.4 is 5.32 Å². The van der Waals surface area contributed by atoms with E-state index >= 15 is 0 Å². The summed E-state index contributed by atoms with van der Waals surface area (Å²) in [7, 11) is 0. The Bertz CT molecular complexity index is 657. The highest BCUT2D eigenvalue weighted by Gasteiger charge is 2.13. The van der Waals surface area contributed by atoms with Crippen LogP contribution in [-0.4, -0.2) is 5.91 Å². The van der Waals surface area contributed by atoms with Crippen molar-refractivity contribution in [2.75, 3.05) is 5.32 Å². The van der Waals surface area contributed by atoms with Crippen LogP contribution >= 0.6 is 31.9 Å². The second-order valence-electron chi connectivity index (χ2n) is 4.88. The summed E-state index contributed by atoms with van der Waals surface area (Å²) < 4.78 is 1.69. The maximum atomic E-state index is 12.4. The number of anilines is 1. The molecule has 0 unspecified atom stereocenters.